The molecule has 0 bridgehead atoms. The van der Waals surface area contributed by atoms with Crippen molar-refractivity contribution < 1.29 is 20.8 Å². The molecule has 1 unspecified atom stereocenters. The quantitative estimate of drug-likeness (QED) is 0.271. The standard InChI is InChI=1S/C29H39FO3/c1-17-18-7-8-21-27(4,19(18)15-20(31)23(17)32)12-14-29(6)22-16-26(3,24(30)33)10-9-25(22,2)11-13-28(21,29)5/h8,15,22,31-32H,7,9-14,16H2,1-6H3/t22-,25-,26-,27+,28-,29+/m1/s1/i7D/t7?,22-,25-,26-,27+,28-,29+. The molecule has 5 rings (SSSR count). The van der Waals surface area contributed by atoms with Gasteiger partial charge in [-0.2, -0.15) is 4.39 Å². The van der Waals surface area contributed by atoms with Crippen LogP contribution in [0.4, 0.5) is 4.39 Å². The molecule has 0 spiro atoms. The van der Waals surface area contributed by atoms with E-state index in [2.05, 4.69) is 33.8 Å². The third-order valence-corrected chi connectivity index (χ3v) is 11.4. The number of halogens is 1. The normalized spacial score (nSPS) is 46.8. The molecular formula is C29H39FO3. The van der Waals surface area contributed by atoms with Gasteiger partial charge in [-0.05, 0) is 110 Å². The molecule has 3 saturated carbocycles. The van der Waals surface area contributed by atoms with Crippen LogP contribution in [0.2, 0.25) is 0 Å². The monoisotopic (exact) mass is 455 g/mol. The minimum Gasteiger partial charge on any atom is -0.504 e. The zero-order chi connectivity index (χ0) is 25.1. The second kappa shape index (κ2) is 6.64. The molecule has 2 N–H and O–H groups in total. The van der Waals surface area contributed by atoms with Crippen LogP contribution in [-0.2, 0) is 16.6 Å². The fourth-order valence-corrected chi connectivity index (χ4v) is 8.65. The summed E-state index contributed by atoms with van der Waals surface area (Å²) in [6.45, 7) is 12.9. The van der Waals surface area contributed by atoms with Gasteiger partial charge in [0.15, 0.2) is 11.5 Å². The van der Waals surface area contributed by atoms with E-state index in [0.29, 0.717) is 18.4 Å². The van der Waals surface area contributed by atoms with Crippen molar-refractivity contribution in [1.29, 1.82) is 0 Å². The predicted molar refractivity (Wildman–Crippen MR) is 128 cm³/mol. The van der Waals surface area contributed by atoms with Crippen LogP contribution in [0.25, 0.3) is 0 Å². The minimum atomic E-state index is -1.17. The van der Waals surface area contributed by atoms with E-state index in [9.17, 15) is 19.4 Å². The van der Waals surface area contributed by atoms with Crippen LogP contribution in [0.15, 0.2) is 17.7 Å². The lowest BCUT2D eigenvalue weighted by Crippen LogP contribution is -2.62. The highest BCUT2D eigenvalue weighted by Crippen LogP contribution is 2.74. The first-order valence-corrected chi connectivity index (χ1v) is 12.5. The summed E-state index contributed by atoms with van der Waals surface area (Å²) < 4.78 is 23.2. The fraction of sp³-hybridized carbons (Fsp3) is 0.690. The Hall–Kier alpha value is -1.84. The van der Waals surface area contributed by atoms with Crippen LogP contribution in [0, 0.1) is 34.5 Å². The molecule has 4 heteroatoms. The molecule has 180 valence electrons. The number of carbonyl (C=O) groups is 1. The number of phenolic OH excluding ortho intramolecular Hbond substituents is 2. The van der Waals surface area contributed by atoms with Gasteiger partial charge in [0.1, 0.15) is 0 Å². The number of allylic oxidation sites excluding steroid dienone is 2. The Balaban J connectivity index is 1.66. The van der Waals surface area contributed by atoms with E-state index in [1.54, 1.807) is 13.0 Å². The average Bonchev–Trinajstić information content (AvgIpc) is 2.77. The lowest BCUT2D eigenvalue weighted by atomic mass is 9.34. The molecular weight excluding hydrogens is 415 g/mol. The van der Waals surface area contributed by atoms with E-state index in [1.165, 1.54) is 5.57 Å². The van der Waals surface area contributed by atoms with Gasteiger partial charge in [0.2, 0.25) is 0 Å². The third kappa shape index (κ3) is 2.70. The van der Waals surface area contributed by atoms with Gasteiger partial charge in [-0.15, -0.1) is 0 Å². The van der Waals surface area contributed by atoms with Crippen LogP contribution >= 0.6 is 0 Å². The number of aromatic hydroxyl groups is 2. The zero-order valence-corrected chi connectivity index (χ0v) is 20.9. The Morgan fingerprint density at radius 3 is 2.39 bits per heavy atom. The van der Waals surface area contributed by atoms with Gasteiger partial charge in [0, 0.05) is 6.79 Å². The van der Waals surface area contributed by atoms with Gasteiger partial charge >= 0.3 is 6.04 Å². The highest BCUT2D eigenvalue weighted by atomic mass is 19.1. The number of hydrogen-bond acceptors (Lipinski definition) is 3. The third-order valence-electron chi connectivity index (χ3n) is 11.4. The van der Waals surface area contributed by atoms with Crippen molar-refractivity contribution in [2.45, 2.75) is 98.3 Å². The second-order valence-electron chi connectivity index (χ2n) is 12.9. The lowest BCUT2D eigenvalue weighted by Gasteiger charge is -2.69. The number of hydrogen-bond donors (Lipinski definition) is 2. The van der Waals surface area contributed by atoms with Crippen molar-refractivity contribution in [1.82, 2.24) is 0 Å². The van der Waals surface area contributed by atoms with Crippen molar-refractivity contribution in [3.05, 3.63) is 34.4 Å². The Labute approximate surface area is 198 Å². The average molecular weight is 456 g/mol. The molecule has 4 aliphatic carbocycles. The van der Waals surface area contributed by atoms with E-state index in [4.69, 9.17) is 1.37 Å². The molecule has 0 radical (unpaired) electrons. The van der Waals surface area contributed by atoms with E-state index < -0.39 is 17.8 Å². The van der Waals surface area contributed by atoms with E-state index in [-0.39, 0.29) is 39.1 Å². The molecule has 3 nitrogen and oxygen atoms in total. The van der Waals surface area contributed by atoms with Gasteiger partial charge < -0.3 is 10.2 Å². The van der Waals surface area contributed by atoms with Crippen molar-refractivity contribution in [2.24, 2.45) is 27.6 Å². The van der Waals surface area contributed by atoms with Crippen molar-refractivity contribution >= 4 is 6.04 Å². The summed E-state index contributed by atoms with van der Waals surface area (Å²) in [5.41, 5.74) is 2.15. The van der Waals surface area contributed by atoms with Crippen LogP contribution in [0.3, 0.4) is 0 Å². The molecule has 3 fully saturated rings. The number of phenols is 2. The molecule has 0 amide bonds. The molecule has 1 aromatic rings. The highest BCUT2D eigenvalue weighted by molar-refractivity contribution is 5.75. The van der Waals surface area contributed by atoms with Crippen LogP contribution in [0.1, 0.15) is 97.6 Å². The van der Waals surface area contributed by atoms with E-state index in [0.717, 1.165) is 43.2 Å². The lowest BCUT2D eigenvalue weighted by molar-refractivity contribution is -0.172. The smallest absolute Gasteiger partial charge is 0.307 e. The summed E-state index contributed by atoms with van der Waals surface area (Å²) in [5.74, 6) is -0.0255. The first kappa shape index (κ1) is 21.7. The van der Waals surface area contributed by atoms with Gasteiger partial charge in [-0.3, -0.25) is 4.79 Å². The number of rotatable bonds is 1. The number of fused-ring (bicyclic) bond motifs is 7. The molecule has 4 aliphatic rings. The Bertz CT molecular complexity index is 1130. The molecule has 7 atom stereocenters. The summed E-state index contributed by atoms with van der Waals surface area (Å²) in [6.07, 6.45) is 7.41. The maximum Gasteiger partial charge on any atom is 0.307 e. The topological polar surface area (TPSA) is 57.5 Å². The van der Waals surface area contributed by atoms with Gasteiger partial charge in [-0.1, -0.05) is 39.3 Å². The molecule has 0 heterocycles. The molecule has 1 aromatic carbocycles. The van der Waals surface area contributed by atoms with Crippen LogP contribution in [-0.4, -0.2) is 16.3 Å². The summed E-state index contributed by atoms with van der Waals surface area (Å²) in [5, 5.41) is 20.9. The molecule has 0 saturated heterocycles. The predicted octanol–water partition coefficient (Wildman–Crippen LogP) is 7.06. The molecule has 33 heavy (non-hydrogen) atoms. The summed E-state index contributed by atoms with van der Waals surface area (Å²) in [6, 6.07) is 0.513. The summed E-state index contributed by atoms with van der Waals surface area (Å²) in [7, 11) is 0. The van der Waals surface area contributed by atoms with Crippen molar-refractivity contribution in [2.75, 3.05) is 0 Å². The van der Waals surface area contributed by atoms with E-state index in [1.807, 2.05) is 6.92 Å². The summed E-state index contributed by atoms with van der Waals surface area (Å²) >= 11 is 0. The Morgan fingerprint density at radius 2 is 1.73 bits per heavy atom. The van der Waals surface area contributed by atoms with Crippen molar-refractivity contribution in [3.63, 3.8) is 0 Å². The maximum absolute atomic E-state index is 14.2. The molecule has 0 aromatic heterocycles. The first-order chi connectivity index (χ1) is 15.6. The van der Waals surface area contributed by atoms with Crippen molar-refractivity contribution in [3.8, 4) is 11.5 Å². The van der Waals surface area contributed by atoms with Gasteiger partial charge in [-0.25, -0.2) is 0 Å². The van der Waals surface area contributed by atoms with Crippen LogP contribution in [0.5, 0.6) is 11.5 Å². The second-order valence-corrected chi connectivity index (χ2v) is 12.9. The molecule has 0 aliphatic heterocycles. The number of carbonyl (C=O) groups excluding carboxylic acids is 1. The SMILES string of the molecule is [2H]C1C=C2[C@@](C)(CC[C@@]3(C)[C@@H]4C[C@](C)(C(=O)F)CC[C@]4(C)CC[C@]23C)c2cc(O)c(O)c(C)c21. The number of benzene rings is 1. The minimum absolute atomic E-state index is 0.0884. The van der Waals surface area contributed by atoms with Crippen LogP contribution < -0.4 is 0 Å². The Morgan fingerprint density at radius 1 is 1.06 bits per heavy atom. The zero-order valence-electron chi connectivity index (χ0n) is 21.9. The maximum atomic E-state index is 14.2. The highest BCUT2D eigenvalue weighted by Gasteiger charge is 2.67. The largest absolute Gasteiger partial charge is 0.504 e. The van der Waals surface area contributed by atoms with E-state index >= 15 is 0 Å². The fourth-order valence-electron chi connectivity index (χ4n) is 8.65. The summed E-state index contributed by atoms with van der Waals surface area (Å²) in [4.78, 5) is 12.0. The first-order valence-electron chi connectivity index (χ1n) is 13.1. The Kier molecular flexibility index (Phi) is 4.36. The van der Waals surface area contributed by atoms with Gasteiger partial charge in [0.25, 0.3) is 0 Å². The van der Waals surface area contributed by atoms with Gasteiger partial charge in [0.05, 0.1) is 5.41 Å².